The van der Waals surface area contributed by atoms with E-state index in [2.05, 4.69) is 5.32 Å². The van der Waals surface area contributed by atoms with Crippen LogP contribution in [0.1, 0.15) is 39.5 Å². The maximum Gasteiger partial charge on any atom is 0.135 e. The Morgan fingerprint density at radius 1 is 0.966 bits per heavy atom. The third-order valence-electron chi connectivity index (χ3n) is 5.60. The second-order valence-electron chi connectivity index (χ2n) is 8.53. The molecule has 4 aliphatic rings. The highest BCUT2D eigenvalue weighted by atomic mass is 16.5. The van der Waals surface area contributed by atoms with Crippen LogP contribution in [0, 0.1) is 0 Å². The van der Waals surface area contributed by atoms with Crippen molar-refractivity contribution in [3.05, 3.63) is 0 Å². The van der Waals surface area contributed by atoms with E-state index in [4.69, 9.17) is 35.6 Å². The number of hydrogen-bond donors (Lipinski definition) is 7. The minimum absolute atomic E-state index is 0.0127. The third kappa shape index (κ3) is 11.0. The topological polar surface area (TPSA) is 146 Å². The number of aliphatic hydroxyl groups excluding tert-OH is 4. The number of hydroxylamine groups is 5. The number of aliphatic hydroxyl groups is 4. The molecule has 0 bridgehead atoms. The highest BCUT2D eigenvalue weighted by Gasteiger charge is 2.31. The molecule has 10 heteroatoms. The molecule has 0 aromatic rings. The van der Waals surface area contributed by atoms with Crippen molar-refractivity contribution in [2.75, 3.05) is 46.4 Å². The molecule has 4 heterocycles. The normalized spacial score (nSPS) is 41.7. The van der Waals surface area contributed by atoms with E-state index in [1.165, 1.54) is 5.06 Å². The first kappa shape index (κ1) is 26.6. The minimum atomic E-state index is -0.333. The van der Waals surface area contributed by atoms with Gasteiger partial charge in [-0.05, 0) is 39.7 Å². The van der Waals surface area contributed by atoms with Gasteiger partial charge < -0.3 is 35.7 Å². The first-order valence-electron chi connectivity index (χ1n) is 10.6. The molecule has 10 nitrogen and oxygen atoms in total. The average molecular weight is 425 g/mol. The largest absolute Gasteiger partial charge is 0.392 e. The number of β-amino-alcohol motifs (C(OH)–C–C–N with tert-alkyl or cyclic N) is 1. The summed E-state index contributed by atoms with van der Waals surface area (Å²) in [5.41, 5.74) is 0. The van der Waals surface area contributed by atoms with Gasteiger partial charge >= 0.3 is 0 Å². The number of likely N-dealkylation sites (tertiary alicyclic amines) is 1. The maximum atomic E-state index is 9.14. The van der Waals surface area contributed by atoms with Crippen molar-refractivity contribution in [3.8, 4) is 0 Å². The molecule has 0 amide bonds. The van der Waals surface area contributed by atoms with Gasteiger partial charge in [0.1, 0.15) is 19.2 Å². The lowest BCUT2D eigenvalue weighted by atomic mass is 10.2. The number of rotatable bonds is 0. The summed E-state index contributed by atoms with van der Waals surface area (Å²) in [6.45, 7) is 7.96. The van der Waals surface area contributed by atoms with Crippen molar-refractivity contribution < 1.29 is 40.2 Å². The number of nitrogens with zero attached hydrogens (tertiary/aromatic N) is 2. The third-order valence-corrected chi connectivity index (χ3v) is 5.60. The van der Waals surface area contributed by atoms with Crippen LogP contribution in [0.15, 0.2) is 0 Å². The molecule has 4 saturated heterocycles. The van der Waals surface area contributed by atoms with Crippen molar-refractivity contribution in [2.45, 2.75) is 76.1 Å². The van der Waals surface area contributed by atoms with Crippen LogP contribution in [-0.2, 0) is 4.74 Å². The Kier molecular flexibility index (Phi) is 12.0. The Labute approximate surface area is 173 Å². The molecule has 174 valence electrons. The molecule has 4 rings (SSSR count). The monoisotopic (exact) mass is 424 g/mol. The van der Waals surface area contributed by atoms with Crippen molar-refractivity contribution >= 4 is 0 Å². The molecule has 0 aliphatic carbocycles. The van der Waals surface area contributed by atoms with Crippen LogP contribution in [0.4, 0.5) is 0 Å². The molecule has 7 atom stereocenters. The van der Waals surface area contributed by atoms with Gasteiger partial charge in [0, 0.05) is 26.1 Å². The molecule has 4 aliphatic heterocycles. The average Bonchev–Trinajstić information content (AvgIpc) is 3.41. The highest BCUT2D eigenvalue weighted by molar-refractivity contribution is 4.77. The number of nitrogens with one attached hydrogen (secondary N) is 1. The summed E-state index contributed by atoms with van der Waals surface area (Å²) >= 11 is 0. The molecular weight excluding hydrogens is 382 g/mol. The van der Waals surface area contributed by atoms with Crippen LogP contribution in [0.5, 0.6) is 0 Å². The molecule has 0 radical (unpaired) electrons. The zero-order chi connectivity index (χ0) is 22.0. The number of hydrogen-bond acceptors (Lipinski definition) is 9. The van der Waals surface area contributed by atoms with E-state index < -0.39 is 0 Å². The Hall–Kier alpha value is -0.400. The molecule has 29 heavy (non-hydrogen) atoms. The summed E-state index contributed by atoms with van der Waals surface area (Å²) in [6.07, 6.45) is 2.33. The van der Waals surface area contributed by atoms with Gasteiger partial charge in [-0.15, -0.1) is 0 Å². The first-order valence-corrected chi connectivity index (χ1v) is 10.6. The zero-order valence-corrected chi connectivity index (χ0v) is 18.0. The maximum absolute atomic E-state index is 9.14. The van der Waals surface area contributed by atoms with Crippen molar-refractivity contribution in [3.63, 3.8) is 0 Å². The summed E-state index contributed by atoms with van der Waals surface area (Å²) in [7, 11) is 1.70. The number of ether oxygens (including phenoxy) is 1. The van der Waals surface area contributed by atoms with Crippen LogP contribution in [-0.4, -0.2) is 123 Å². The fraction of sp³-hybridized carbons (Fsp3) is 1.00. The van der Waals surface area contributed by atoms with Gasteiger partial charge in [-0.3, -0.25) is 0 Å². The molecule has 4 fully saturated rings. The van der Waals surface area contributed by atoms with E-state index in [0.717, 1.165) is 39.0 Å². The number of likely N-dealkylation sites (N-methyl/N-ethyl adjacent to an activating group) is 1. The van der Waals surface area contributed by atoms with Crippen LogP contribution in [0.2, 0.25) is 0 Å². The predicted octanol–water partition coefficient (Wildman–Crippen LogP) is -1.09. The fourth-order valence-electron chi connectivity index (χ4n) is 3.33. The molecule has 0 aromatic carbocycles. The minimum Gasteiger partial charge on any atom is -0.392 e. The van der Waals surface area contributed by atoms with E-state index >= 15 is 0 Å². The predicted molar refractivity (Wildman–Crippen MR) is 106 cm³/mol. The first-order chi connectivity index (χ1) is 13.5. The summed E-state index contributed by atoms with van der Waals surface area (Å²) in [4.78, 5) is 0. The summed E-state index contributed by atoms with van der Waals surface area (Å²) < 4.78 is 5.00. The van der Waals surface area contributed by atoms with Crippen molar-refractivity contribution in [1.82, 2.24) is 10.4 Å². The van der Waals surface area contributed by atoms with E-state index in [9.17, 15) is 0 Å². The van der Waals surface area contributed by atoms with Crippen LogP contribution >= 0.6 is 0 Å². The van der Waals surface area contributed by atoms with Crippen molar-refractivity contribution in [2.24, 2.45) is 0 Å². The Morgan fingerprint density at radius 2 is 1.66 bits per heavy atom. The van der Waals surface area contributed by atoms with E-state index in [1.54, 1.807) is 14.0 Å². The molecule has 0 aromatic heterocycles. The Morgan fingerprint density at radius 3 is 1.79 bits per heavy atom. The summed E-state index contributed by atoms with van der Waals surface area (Å²) in [6, 6.07) is -0.0741. The standard InChI is InChI=1S/C5H12NO2.C5H11NO2.C5H10O2.C4H9NO/c1-6(8)3-2-5(7)4-6;1-4-5(7)2-3-6(4)8;1-4-5(6)2-3-7-4;6-4-1-2-5-3-4/h5,7-8H,2-4H2,1H3;4-5,7-8H,2-3H2,1H3;4-6H,2-3H2,1H3;4-6H,1-3H2/q+1;;;/t5-,6?;2*4-,5-;4-/m0000/s1. The lowest BCUT2D eigenvalue weighted by Gasteiger charge is -2.17. The SMILES string of the molecule is C[C@@H]1OCC[C@@H]1O.C[C@H]1[C@@H](O)CCN1O.C[N+]1(O)CC[C@H](O)C1.O[C@H]1CCNC1. The van der Waals surface area contributed by atoms with E-state index in [0.29, 0.717) is 26.1 Å². The van der Waals surface area contributed by atoms with Gasteiger partial charge in [0.05, 0.1) is 37.5 Å². The number of quaternary nitrogens is 1. The van der Waals surface area contributed by atoms with Crippen LogP contribution in [0.25, 0.3) is 0 Å². The lowest BCUT2D eigenvalue weighted by Crippen LogP contribution is -2.38. The van der Waals surface area contributed by atoms with Gasteiger partial charge in [0.15, 0.2) is 0 Å². The van der Waals surface area contributed by atoms with Gasteiger partial charge in [-0.25, -0.2) is 5.21 Å². The molecule has 0 saturated carbocycles. The fourth-order valence-corrected chi connectivity index (χ4v) is 3.33. The Balaban J connectivity index is 0.000000194. The van der Waals surface area contributed by atoms with Gasteiger partial charge in [-0.1, -0.05) is 0 Å². The quantitative estimate of drug-likeness (QED) is 0.241. The second-order valence-corrected chi connectivity index (χ2v) is 8.53. The zero-order valence-electron chi connectivity index (χ0n) is 18.0. The van der Waals surface area contributed by atoms with Gasteiger partial charge in [0.2, 0.25) is 0 Å². The van der Waals surface area contributed by atoms with Gasteiger partial charge in [0.25, 0.3) is 0 Å². The second kappa shape index (κ2) is 13.1. The van der Waals surface area contributed by atoms with Crippen LogP contribution < -0.4 is 5.32 Å². The molecule has 7 N–H and O–H groups in total. The molecule has 0 spiro atoms. The molecule has 1 unspecified atom stereocenters. The van der Waals surface area contributed by atoms with Crippen LogP contribution in [0.3, 0.4) is 0 Å². The van der Waals surface area contributed by atoms with E-state index in [1.807, 2.05) is 6.92 Å². The highest BCUT2D eigenvalue weighted by Crippen LogP contribution is 2.14. The summed E-state index contributed by atoms with van der Waals surface area (Å²) in [5.74, 6) is 0. The van der Waals surface area contributed by atoms with E-state index in [-0.39, 0.29) is 41.2 Å². The summed E-state index contributed by atoms with van der Waals surface area (Å²) in [5, 5.41) is 57.6. The van der Waals surface area contributed by atoms with Gasteiger partial charge in [-0.2, -0.15) is 9.71 Å². The van der Waals surface area contributed by atoms with Crippen molar-refractivity contribution in [1.29, 1.82) is 0 Å². The smallest absolute Gasteiger partial charge is 0.135 e. The lowest BCUT2D eigenvalue weighted by molar-refractivity contribution is -1.08. The Bertz CT molecular complexity index is 420. The molecular formula is C19H42N3O7+.